The second kappa shape index (κ2) is 6.19. The van der Waals surface area contributed by atoms with Crippen LogP contribution in [0.4, 0.5) is 5.69 Å². The smallest absolute Gasteiger partial charge is 0.323 e. The number of nitro benzene ring substituents is 1. The number of carboxylic acid groups (broad SMARTS) is 1. The second-order valence-electron chi connectivity index (χ2n) is 4.72. The number of hydrogen-bond donors (Lipinski definition) is 2. The summed E-state index contributed by atoms with van der Waals surface area (Å²) in [6, 6.07) is 4.38. The highest BCUT2D eigenvalue weighted by Crippen LogP contribution is 2.31. The van der Waals surface area contributed by atoms with E-state index in [-0.39, 0.29) is 17.9 Å². The van der Waals surface area contributed by atoms with Crippen molar-refractivity contribution in [2.75, 3.05) is 0 Å². The van der Waals surface area contributed by atoms with Gasteiger partial charge in [-0.15, -0.1) is 0 Å². The first-order chi connectivity index (χ1) is 9.13. The number of rotatable bonds is 6. The Morgan fingerprint density at radius 2 is 2.25 bits per heavy atom. The van der Waals surface area contributed by atoms with Crippen LogP contribution in [0.3, 0.4) is 0 Å². The normalized spacial score (nSPS) is 15.2. The van der Waals surface area contributed by atoms with Gasteiger partial charge in [-0.2, -0.15) is 0 Å². The molecule has 0 amide bonds. The molecule has 2 unspecified atom stereocenters. The van der Waals surface area contributed by atoms with Crippen LogP contribution in [-0.4, -0.2) is 27.6 Å². The summed E-state index contributed by atoms with van der Waals surface area (Å²) in [5.74, 6) is -1.08. The average Bonchev–Trinajstić information content (AvgIpc) is 2.30. The van der Waals surface area contributed by atoms with E-state index in [0.717, 1.165) is 0 Å². The molecule has 7 nitrogen and oxygen atoms in total. The number of nitrogens with two attached hydrogens (primary N) is 1. The highest BCUT2D eigenvalue weighted by molar-refractivity contribution is 9.10. The summed E-state index contributed by atoms with van der Waals surface area (Å²) in [4.78, 5) is 21.3. The maximum atomic E-state index is 10.9. The summed E-state index contributed by atoms with van der Waals surface area (Å²) in [5, 5.41) is 19.9. The molecular weight excluding hydrogens is 332 g/mol. The first kappa shape index (κ1) is 16.4. The van der Waals surface area contributed by atoms with E-state index in [4.69, 9.17) is 15.6 Å². The van der Waals surface area contributed by atoms with Gasteiger partial charge in [0.2, 0.25) is 0 Å². The fraction of sp³-hybridized carbons (Fsp3) is 0.417. The molecule has 0 radical (unpaired) electrons. The number of halogens is 1. The van der Waals surface area contributed by atoms with E-state index in [1.807, 2.05) is 0 Å². The van der Waals surface area contributed by atoms with E-state index >= 15 is 0 Å². The van der Waals surface area contributed by atoms with Crippen LogP contribution >= 0.6 is 15.9 Å². The predicted molar refractivity (Wildman–Crippen MR) is 75.7 cm³/mol. The molecule has 0 saturated carbocycles. The van der Waals surface area contributed by atoms with E-state index in [9.17, 15) is 14.9 Å². The third-order valence-electron chi connectivity index (χ3n) is 2.65. The van der Waals surface area contributed by atoms with Gasteiger partial charge in [-0.05, 0) is 26.0 Å². The van der Waals surface area contributed by atoms with Gasteiger partial charge >= 0.3 is 11.7 Å². The summed E-state index contributed by atoms with van der Waals surface area (Å²) in [6.07, 6.45) is -0.559. The van der Waals surface area contributed by atoms with Crippen molar-refractivity contribution in [1.29, 1.82) is 0 Å². The van der Waals surface area contributed by atoms with Crippen molar-refractivity contribution in [3.05, 3.63) is 32.8 Å². The van der Waals surface area contributed by atoms with Crippen LogP contribution in [-0.2, 0) is 4.79 Å². The Labute approximate surface area is 124 Å². The number of carbonyl (C=O) groups is 1. The topological polar surface area (TPSA) is 116 Å². The zero-order valence-electron chi connectivity index (χ0n) is 11.0. The predicted octanol–water partition coefficient (Wildman–Crippen LogP) is 2.32. The Hall–Kier alpha value is -1.67. The van der Waals surface area contributed by atoms with Crippen LogP contribution in [0.2, 0.25) is 0 Å². The van der Waals surface area contributed by atoms with Gasteiger partial charge in [0.1, 0.15) is 5.54 Å². The first-order valence-corrected chi connectivity index (χ1v) is 6.55. The maximum absolute atomic E-state index is 10.9. The Bertz CT molecular complexity index is 533. The standard InChI is InChI=1S/C12H15BrN2O5/c1-7(6-12(2,14)11(16)17)20-10-4-3-8(13)5-9(10)15(18)19/h3-5,7H,6,14H2,1-2H3,(H,16,17). The van der Waals surface area contributed by atoms with Crippen molar-refractivity contribution in [2.45, 2.75) is 31.9 Å². The lowest BCUT2D eigenvalue weighted by atomic mass is 9.96. The molecule has 3 N–H and O–H groups in total. The molecule has 20 heavy (non-hydrogen) atoms. The monoisotopic (exact) mass is 346 g/mol. The summed E-state index contributed by atoms with van der Waals surface area (Å²) in [6.45, 7) is 2.98. The van der Waals surface area contributed by atoms with Crippen LogP contribution in [0.5, 0.6) is 5.75 Å². The Morgan fingerprint density at radius 1 is 1.65 bits per heavy atom. The molecule has 0 heterocycles. The van der Waals surface area contributed by atoms with Crippen molar-refractivity contribution in [3.8, 4) is 5.75 Å². The van der Waals surface area contributed by atoms with Gasteiger partial charge in [0.15, 0.2) is 5.75 Å². The van der Waals surface area contributed by atoms with E-state index in [2.05, 4.69) is 15.9 Å². The van der Waals surface area contributed by atoms with Gasteiger partial charge < -0.3 is 15.6 Å². The number of hydrogen-bond acceptors (Lipinski definition) is 5. The first-order valence-electron chi connectivity index (χ1n) is 5.76. The third kappa shape index (κ3) is 4.17. The van der Waals surface area contributed by atoms with Crippen LogP contribution in [0, 0.1) is 10.1 Å². The fourth-order valence-corrected chi connectivity index (χ4v) is 2.02. The Kier molecular flexibility index (Phi) is 5.07. The van der Waals surface area contributed by atoms with Gasteiger partial charge in [-0.1, -0.05) is 15.9 Å². The molecular formula is C12H15BrN2O5. The van der Waals surface area contributed by atoms with Crippen molar-refractivity contribution in [2.24, 2.45) is 5.73 Å². The van der Waals surface area contributed by atoms with Crippen LogP contribution < -0.4 is 10.5 Å². The molecule has 0 bridgehead atoms. The highest BCUT2D eigenvalue weighted by atomic mass is 79.9. The SMILES string of the molecule is CC(CC(C)(N)C(=O)O)Oc1ccc(Br)cc1[N+](=O)[O-]. The van der Waals surface area contributed by atoms with Gasteiger partial charge in [0, 0.05) is 17.0 Å². The number of aliphatic carboxylic acids is 1. The van der Waals surface area contributed by atoms with E-state index in [1.54, 1.807) is 13.0 Å². The van der Waals surface area contributed by atoms with Crippen molar-refractivity contribution >= 4 is 27.6 Å². The minimum Gasteiger partial charge on any atom is -0.484 e. The highest BCUT2D eigenvalue weighted by Gasteiger charge is 2.31. The van der Waals surface area contributed by atoms with Crippen LogP contribution in [0.1, 0.15) is 20.3 Å². The van der Waals surface area contributed by atoms with Crippen LogP contribution in [0.25, 0.3) is 0 Å². The van der Waals surface area contributed by atoms with Crippen molar-refractivity contribution in [3.63, 3.8) is 0 Å². The number of benzene rings is 1. The Morgan fingerprint density at radius 3 is 2.75 bits per heavy atom. The van der Waals surface area contributed by atoms with Crippen LogP contribution in [0.15, 0.2) is 22.7 Å². The molecule has 8 heteroatoms. The largest absolute Gasteiger partial charge is 0.484 e. The molecule has 0 spiro atoms. The van der Waals surface area contributed by atoms with Gasteiger partial charge in [-0.25, -0.2) is 0 Å². The summed E-state index contributed by atoms with van der Waals surface area (Å²) in [5.41, 5.74) is 3.97. The minimum absolute atomic E-state index is 0.0234. The minimum atomic E-state index is -1.45. The molecule has 0 aromatic heterocycles. The zero-order valence-corrected chi connectivity index (χ0v) is 12.6. The van der Waals surface area contributed by atoms with E-state index in [1.165, 1.54) is 19.1 Å². The molecule has 0 fully saturated rings. The third-order valence-corrected chi connectivity index (χ3v) is 3.14. The summed E-state index contributed by atoms with van der Waals surface area (Å²) < 4.78 is 6.00. The zero-order chi connectivity index (χ0) is 15.5. The molecule has 1 aromatic carbocycles. The maximum Gasteiger partial charge on any atom is 0.323 e. The lowest BCUT2D eigenvalue weighted by Crippen LogP contribution is -2.47. The summed E-state index contributed by atoms with van der Waals surface area (Å²) in [7, 11) is 0. The fourth-order valence-electron chi connectivity index (χ4n) is 1.68. The van der Waals surface area contributed by atoms with E-state index < -0.39 is 22.5 Å². The molecule has 2 atom stereocenters. The molecule has 110 valence electrons. The van der Waals surface area contributed by atoms with Gasteiger partial charge in [-0.3, -0.25) is 14.9 Å². The number of carboxylic acids is 1. The molecule has 0 saturated heterocycles. The molecule has 0 aliphatic rings. The molecule has 0 aliphatic carbocycles. The second-order valence-corrected chi connectivity index (χ2v) is 5.64. The van der Waals surface area contributed by atoms with Crippen molar-refractivity contribution in [1.82, 2.24) is 0 Å². The van der Waals surface area contributed by atoms with Gasteiger partial charge in [0.05, 0.1) is 11.0 Å². The molecule has 1 rings (SSSR count). The lowest BCUT2D eigenvalue weighted by molar-refractivity contribution is -0.386. The number of nitro groups is 1. The Balaban J connectivity index is 2.88. The summed E-state index contributed by atoms with van der Waals surface area (Å²) >= 11 is 3.14. The van der Waals surface area contributed by atoms with E-state index in [0.29, 0.717) is 4.47 Å². The average molecular weight is 347 g/mol. The van der Waals surface area contributed by atoms with Crippen molar-refractivity contribution < 1.29 is 19.6 Å². The molecule has 1 aromatic rings. The molecule has 0 aliphatic heterocycles. The quantitative estimate of drug-likeness (QED) is 0.603. The van der Waals surface area contributed by atoms with Gasteiger partial charge in [0.25, 0.3) is 0 Å². The number of ether oxygens (including phenoxy) is 1. The lowest BCUT2D eigenvalue weighted by Gasteiger charge is -2.24. The number of nitrogens with zero attached hydrogens (tertiary/aromatic N) is 1.